The number of rotatable bonds is 5. The van der Waals surface area contributed by atoms with Gasteiger partial charge >= 0.3 is 0 Å². The maximum atomic E-state index is 11.6. The number of hydrogen-bond donors (Lipinski definition) is 1. The SMILES string of the molecule is CCN=c1scc(-c2ccc3c(c2)NC(=O)CO3)n1N=Cc1ccc(OC)cc1. The fraction of sp³-hybridized carbons (Fsp3) is 0.190. The molecule has 0 atom stereocenters. The zero-order valence-corrected chi connectivity index (χ0v) is 16.9. The Morgan fingerprint density at radius 3 is 2.86 bits per heavy atom. The highest BCUT2D eigenvalue weighted by molar-refractivity contribution is 7.07. The third-order valence-electron chi connectivity index (χ3n) is 4.32. The van der Waals surface area contributed by atoms with Gasteiger partial charge in [-0.15, -0.1) is 11.3 Å². The molecule has 0 bridgehead atoms. The van der Waals surface area contributed by atoms with Crippen LogP contribution in [0, 0.1) is 0 Å². The molecule has 1 amide bonds. The van der Waals surface area contributed by atoms with Gasteiger partial charge in [0.25, 0.3) is 5.91 Å². The Balaban J connectivity index is 1.73. The van der Waals surface area contributed by atoms with Crippen molar-refractivity contribution in [2.45, 2.75) is 6.92 Å². The van der Waals surface area contributed by atoms with Gasteiger partial charge in [-0.3, -0.25) is 9.79 Å². The molecule has 0 spiro atoms. The van der Waals surface area contributed by atoms with Gasteiger partial charge in [0.15, 0.2) is 6.61 Å². The second-order valence-electron chi connectivity index (χ2n) is 6.26. The van der Waals surface area contributed by atoms with E-state index < -0.39 is 0 Å². The third kappa shape index (κ3) is 4.07. The van der Waals surface area contributed by atoms with Crippen molar-refractivity contribution in [3.05, 3.63) is 58.2 Å². The van der Waals surface area contributed by atoms with Crippen LogP contribution in [0.3, 0.4) is 0 Å². The molecule has 0 radical (unpaired) electrons. The van der Waals surface area contributed by atoms with Crippen molar-refractivity contribution in [3.63, 3.8) is 0 Å². The van der Waals surface area contributed by atoms with Crippen LogP contribution in [0.15, 0.2) is 57.9 Å². The van der Waals surface area contributed by atoms with Crippen molar-refractivity contribution >= 4 is 29.1 Å². The number of hydrogen-bond acceptors (Lipinski definition) is 6. The van der Waals surface area contributed by atoms with Crippen LogP contribution in [-0.4, -0.2) is 37.1 Å². The monoisotopic (exact) mass is 408 g/mol. The van der Waals surface area contributed by atoms with Crippen molar-refractivity contribution in [2.75, 3.05) is 25.6 Å². The van der Waals surface area contributed by atoms with Gasteiger partial charge in [-0.25, -0.2) is 4.68 Å². The highest BCUT2D eigenvalue weighted by Crippen LogP contribution is 2.32. The quantitative estimate of drug-likeness (QED) is 0.658. The van der Waals surface area contributed by atoms with E-state index in [1.54, 1.807) is 13.3 Å². The average Bonchev–Trinajstić information content (AvgIpc) is 3.15. The van der Waals surface area contributed by atoms with Gasteiger partial charge in [-0.05, 0) is 55.0 Å². The van der Waals surface area contributed by atoms with E-state index in [4.69, 9.17) is 9.47 Å². The van der Waals surface area contributed by atoms with E-state index in [1.165, 1.54) is 11.3 Å². The molecule has 1 N–H and O–H groups in total. The lowest BCUT2D eigenvalue weighted by Crippen LogP contribution is -2.25. The highest BCUT2D eigenvalue weighted by atomic mass is 32.1. The minimum absolute atomic E-state index is 0.0382. The van der Waals surface area contributed by atoms with E-state index in [9.17, 15) is 4.79 Å². The molecule has 0 unspecified atom stereocenters. The van der Waals surface area contributed by atoms with E-state index in [0.717, 1.165) is 27.4 Å². The van der Waals surface area contributed by atoms with Crippen LogP contribution in [-0.2, 0) is 4.79 Å². The highest BCUT2D eigenvalue weighted by Gasteiger charge is 2.17. The molecule has 1 aliphatic heterocycles. The molecule has 0 saturated heterocycles. The summed E-state index contributed by atoms with van der Waals surface area (Å²) in [7, 11) is 1.64. The van der Waals surface area contributed by atoms with Crippen molar-refractivity contribution in [2.24, 2.45) is 10.1 Å². The van der Waals surface area contributed by atoms with Crippen molar-refractivity contribution in [1.82, 2.24) is 4.68 Å². The number of aromatic nitrogens is 1. The first-order chi connectivity index (χ1) is 14.2. The Hall–Kier alpha value is -3.39. The number of anilines is 1. The number of carbonyl (C=O) groups is 1. The van der Waals surface area contributed by atoms with Crippen LogP contribution in [0.4, 0.5) is 5.69 Å². The second kappa shape index (κ2) is 8.32. The first-order valence-corrected chi connectivity index (χ1v) is 10.0. The predicted octanol–water partition coefficient (Wildman–Crippen LogP) is 3.36. The zero-order chi connectivity index (χ0) is 20.2. The summed E-state index contributed by atoms with van der Waals surface area (Å²) >= 11 is 1.52. The van der Waals surface area contributed by atoms with Crippen LogP contribution in [0.1, 0.15) is 12.5 Å². The van der Waals surface area contributed by atoms with E-state index in [0.29, 0.717) is 18.0 Å². The Morgan fingerprint density at radius 2 is 2.10 bits per heavy atom. The van der Waals surface area contributed by atoms with Gasteiger partial charge in [-0.2, -0.15) is 5.10 Å². The minimum atomic E-state index is -0.160. The van der Waals surface area contributed by atoms with Gasteiger partial charge in [0.2, 0.25) is 4.80 Å². The Labute approximate surface area is 171 Å². The smallest absolute Gasteiger partial charge is 0.262 e. The van der Waals surface area contributed by atoms with Crippen LogP contribution in [0.25, 0.3) is 11.3 Å². The molecule has 7 nitrogen and oxygen atoms in total. The number of benzene rings is 2. The fourth-order valence-electron chi connectivity index (χ4n) is 2.91. The summed E-state index contributed by atoms with van der Waals surface area (Å²) in [6.07, 6.45) is 1.79. The lowest BCUT2D eigenvalue weighted by Gasteiger charge is -2.18. The van der Waals surface area contributed by atoms with Crippen molar-refractivity contribution in [1.29, 1.82) is 0 Å². The minimum Gasteiger partial charge on any atom is -0.497 e. The molecular weight excluding hydrogens is 388 g/mol. The normalized spacial score (nSPS) is 13.9. The second-order valence-corrected chi connectivity index (χ2v) is 7.09. The summed E-state index contributed by atoms with van der Waals surface area (Å²) in [4.78, 5) is 17.0. The van der Waals surface area contributed by atoms with E-state index in [-0.39, 0.29) is 12.5 Å². The van der Waals surface area contributed by atoms with Crippen molar-refractivity contribution < 1.29 is 14.3 Å². The van der Waals surface area contributed by atoms with Crippen LogP contribution < -0.4 is 19.6 Å². The van der Waals surface area contributed by atoms with E-state index in [1.807, 2.05) is 59.4 Å². The molecule has 8 heteroatoms. The number of nitrogens with one attached hydrogen (secondary N) is 1. The summed E-state index contributed by atoms with van der Waals surface area (Å²) in [5, 5.41) is 9.52. The molecule has 148 valence electrons. The fourth-order valence-corrected chi connectivity index (χ4v) is 3.81. The molecule has 2 aromatic carbocycles. The molecule has 3 aromatic rings. The first-order valence-electron chi connectivity index (χ1n) is 9.14. The first kappa shape index (κ1) is 18.9. The van der Waals surface area contributed by atoms with Crippen LogP contribution >= 0.6 is 11.3 Å². The average molecular weight is 408 g/mol. The van der Waals surface area contributed by atoms with Gasteiger partial charge in [0.05, 0.1) is 24.7 Å². The van der Waals surface area contributed by atoms with Crippen molar-refractivity contribution in [3.8, 4) is 22.8 Å². The molecule has 0 fully saturated rings. The standard InChI is InChI=1S/C21H20N4O3S/c1-3-22-21-25(23-11-14-4-7-16(27-2)8-5-14)18(13-29-21)15-6-9-19-17(10-15)24-20(26)12-28-19/h4-11,13H,3,12H2,1-2H3,(H,24,26). The lowest BCUT2D eigenvalue weighted by molar-refractivity contribution is -0.118. The molecule has 1 aromatic heterocycles. The molecule has 0 saturated carbocycles. The topological polar surface area (TPSA) is 77.2 Å². The molecule has 4 rings (SSSR count). The number of nitrogens with zero attached hydrogens (tertiary/aromatic N) is 3. The van der Waals surface area contributed by atoms with Gasteiger partial charge in [0.1, 0.15) is 11.5 Å². The van der Waals surface area contributed by atoms with E-state index in [2.05, 4.69) is 15.4 Å². The number of fused-ring (bicyclic) bond motifs is 1. The van der Waals surface area contributed by atoms with Crippen LogP contribution in [0.2, 0.25) is 0 Å². The molecular formula is C21H20N4O3S. The Bertz CT molecular complexity index is 1130. The van der Waals surface area contributed by atoms with Gasteiger partial charge in [0, 0.05) is 17.5 Å². The Kier molecular flexibility index (Phi) is 5.44. The van der Waals surface area contributed by atoms with Gasteiger partial charge in [-0.1, -0.05) is 0 Å². The van der Waals surface area contributed by atoms with Crippen LogP contribution in [0.5, 0.6) is 11.5 Å². The van der Waals surface area contributed by atoms with E-state index >= 15 is 0 Å². The molecule has 1 aliphatic rings. The third-order valence-corrected chi connectivity index (χ3v) is 5.18. The summed E-state index contributed by atoms with van der Waals surface area (Å²) in [6.45, 7) is 2.69. The number of thiazole rings is 1. The zero-order valence-electron chi connectivity index (χ0n) is 16.1. The number of amides is 1. The Morgan fingerprint density at radius 1 is 1.28 bits per heavy atom. The molecule has 0 aliphatic carbocycles. The summed E-state index contributed by atoms with van der Waals surface area (Å²) in [5.74, 6) is 1.30. The summed E-state index contributed by atoms with van der Waals surface area (Å²) in [6, 6.07) is 13.4. The molecule has 2 heterocycles. The number of methoxy groups -OCH3 is 1. The number of carbonyl (C=O) groups excluding carboxylic acids is 1. The maximum Gasteiger partial charge on any atom is 0.262 e. The predicted molar refractivity (Wildman–Crippen MR) is 114 cm³/mol. The van der Waals surface area contributed by atoms with Gasteiger partial charge < -0.3 is 14.8 Å². The lowest BCUT2D eigenvalue weighted by atomic mass is 10.1. The maximum absolute atomic E-state index is 11.6. The largest absolute Gasteiger partial charge is 0.497 e. The number of ether oxygens (including phenoxy) is 2. The molecule has 29 heavy (non-hydrogen) atoms. The summed E-state index contributed by atoms with van der Waals surface area (Å²) in [5.41, 5.74) is 3.40. The summed E-state index contributed by atoms with van der Waals surface area (Å²) < 4.78 is 12.5.